The molecular weight excluding hydrogens is 260 g/mol. The number of nitrogens with zero attached hydrogens (tertiary/aromatic N) is 2. The first-order valence-electron chi connectivity index (χ1n) is 6.10. The van der Waals surface area contributed by atoms with Crippen LogP contribution in [0.25, 0.3) is 10.7 Å². The van der Waals surface area contributed by atoms with Gasteiger partial charge >= 0.3 is 5.97 Å². The highest BCUT2D eigenvalue weighted by atomic mass is 32.1. The molecule has 0 saturated carbocycles. The molecule has 2 aromatic heterocycles. The third-order valence-corrected chi connectivity index (χ3v) is 3.96. The lowest BCUT2D eigenvalue weighted by Gasteiger charge is -2.12. The number of carbonyl (C=O) groups is 1. The maximum Gasteiger partial charge on any atom is 0.306 e. The summed E-state index contributed by atoms with van der Waals surface area (Å²) in [6, 6.07) is 3.95. The summed E-state index contributed by atoms with van der Waals surface area (Å²) in [5.74, 6) is -0.494. The average Bonchev–Trinajstić information content (AvgIpc) is 2.86. The zero-order valence-electron chi connectivity index (χ0n) is 11.2. The molecule has 19 heavy (non-hydrogen) atoms. The molecule has 2 aromatic rings. The Morgan fingerprint density at radius 1 is 1.37 bits per heavy atom. The molecule has 0 aromatic carbocycles. The number of hydrogen-bond acceptors (Lipinski definition) is 4. The number of carboxylic acids is 1. The fourth-order valence-corrected chi connectivity index (χ4v) is 2.60. The molecule has 100 valence electrons. The second-order valence-electron chi connectivity index (χ2n) is 4.62. The fourth-order valence-electron chi connectivity index (χ4n) is 1.94. The van der Waals surface area contributed by atoms with Crippen LogP contribution in [0.2, 0.25) is 0 Å². The summed E-state index contributed by atoms with van der Waals surface area (Å²) < 4.78 is 0. The predicted octanol–water partition coefficient (Wildman–Crippen LogP) is 3.09. The molecule has 1 N–H and O–H groups in total. The van der Waals surface area contributed by atoms with Crippen molar-refractivity contribution >= 4 is 17.3 Å². The summed E-state index contributed by atoms with van der Waals surface area (Å²) >= 11 is 1.60. The van der Waals surface area contributed by atoms with Crippen molar-refractivity contribution in [3.05, 3.63) is 34.5 Å². The molecule has 2 rings (SSSR count). The molecule has 2 heterocycles. The molecular formula is C14H16N2O2S. The summed E-state index contributed by atoms with van der Waals surface area (Å²) in [5, 5.41) is 11.0. The summed E-state index contributed by atoms with van der Waals surface area (Å²) in [6.07, 6.45) is 0.470. The standard InChI is InChI=1S/C14H16N2O2S/c1-8(14(17)18)7-11-9(2)15-13(16-10(11)3)12-5-4-6-19-12/h4-6,8H,7H2,1-3H3,(H,17,18). The van der Waals surface area contributed by atoms with Crippen LogP contribution in [0, 0.1) is 19.8 Å². The monoisotopic (exact) mass is 276 g/mol. The van der Waals surface area contributed by atoms with Gasteiger partial charge in [0.25, 0.3) is 0 Å². The Balaban J connectivity index is 2.35. The highest BCUT2D eigenvalue weighted by Gasteiger charge is 2.17. The minimum Gasteiger partial charge on any atom is -0.481 e. The van der Waals surface area contributed by atoms with Gasteiger partial charge in [0.2, 0.25) is 0 Å². The van der Waals surface area contributed by atoms with Gasteiger partial charge in [-0.2, -0.15) is 0 Å². The van der Waals surface area contributed by atoms with Crippen LogP contribution in [-0.4, -0.2) is 21.0 Å². The maximum atomic E-state index is 10.9. The number of thiophene rings is 1. The van der Waals surface area contributed by atoms with Crippen LogP contribution in [0.1, 0.15) is 23.9 Å². The summed E-state index contributed by atoms with van der Waals surface area (Å²) in [7, 11) is 0. The molecule has 0 aliphatic heterocycles. The third-order valence-electron chi connectivity index (χ3n) is 3.09. The van der Waals surface area contributed by atoms with Crippen LogP contribution in [-0.2, 0) is 11.2 Å². The van der Waals surface area contributed by atoms with Crippen molar-refractivity contribution in [2.24, 2.45) is 5.92 Å². The summed E-state index contributed by atoms with van der Waals surface area (Å²) in [6.45, 7) is 5.53. The number of hydrogen-bond donors (Lipinski definition) is 1. The number of aliphatic carboxylic acids is 1. The first-order valence-corrected chi connectivity index (χ1v) is 6.97. The van der Waals surface area contributed by atoms with E-state index in [1.54, 1.807) is 18.3 Å². The van der Waals surface area contributed by atoms with E-state index in [0.717, 1.165) is 27.7 Å². The summed E-state index contributed by atoms with van der Waals surface area (Å²) in [4.78, 5) is 21.0. The van der Waals surface area contributed by atoms with Gasteiger partial charge in [0.15, 0.2) is 5.82 Å². The molecule has 0 radical (unpaired) electrons. The minimum atomic E-state index is -0.791. The van der Waals surface area contributed by atoms with Gasteiger partial charge < -0.3 is 5.11 Å². The SMILES string of the molecule is Cc1nc(-c2cccs2)nc(C)c1CC(C)C(=O)O. The Morgan fingerprint density at radius 2 is 2.00 bits per heavy atom. The maximum absolute atomic E-state index is 10.9. The molecule has 0 fully saturated rings. The zero-order chi connectivity index (χ0) is 14.0. The molecule has 1 unspecified atom stereocenters. The topological polar surface area (TPSA) is 63.1 Å². The third kappa shape index (κ3) is 2.98. The Hall–Kier alpha value is -1.75. The second-order valence-corrected chi connectivity index (χ2v) is 5.56. The minimum absolute atomic E-state index is 0.423. The molecule has 1 atom stereocenters. The van der Waals surface area contributed by atoms with E-state index in [2.05, 4.69) is 9.97 Å². The van der Waals surface area contributed by atoms with Gasteiger partial charge in [0.05, 0.1) is 10.8 Å². The van der Waals surface area contributed by atoms with Crippen molar-refractivity contribution in [1.29, 1.82) is 0 Å². The predicted molar refractivity (Wildman–Crippen MR) is 75.3 cm³/mol. The Bertz CT molecular complexity index is 570. The Labute approximate surface area is 116 Å². The highest BCUT2D eigenvalue weighted by Crippen LogP contribution is 2.24. The molecule has 0 spiro atoms. The lowest BCUT2D eigenvalue weighted by atomic mass is 9.99. The highest BCUT2D eigenvalue weighted by molar-refractivity contribution is 7.13. The Kier molecular flexibility index (Phi) is 3.95. The van der Waals surface area contributed by atoms with Crippen LogP contribution in [0.5, 0.6) is 0 Å². The lowest BCUT2D eigenvalue weighted by molar-refractivity contribution is -0.141. The van der Waals surface area contributed by atoms with Crippen molar-refractivity contribution in [3.8, 4) is 10.7 Å². The van der Waals surface area contributed by atoms with Gasteiger partial charge in [-0.25, -0.2) is 9.97 Å². The van der Waals surface area contributed by atoms with Crippen LogP contribution >= 0.6 is 11.3 Å². The number of aryl methyl sites for hydroxylation is 2. The normalized spacial score (nSPS) is 12.4. The van der Waals surface area contributed by atoms with Crippen molar-refractivity contribution < 1.29 is 9.90 Å². The van der Waals surface area contributed by atoms with Crippen molar-refractivity contribution in [1.82, 2.24) is 9.97 Å². The van der Waals surface area contributed by atoms with Crippen molar-refractivity contribution in [2.75, 3.05) is 0 Å². The Morgan fingerprint density at radius 3 is 2.47 bits per heavy atom. The van der Waals surface area contributed by atoms with E-state index in [1.807, 2.05) is 31.4 Å². The number of rotatable bonds is 4. The van der Waals surface area contributed by atoms with E-state index in [-0.39, 0.29) is 0 Å². The van der Waals surface area contributed by atoms with Crippen LogP contribution in [0.15, 0.2) is 17.5 Å². The first kappa shape index (κ1) is 13.7. The van der Waals surface area contributed by atoms with Gasteiger partial charge in [0, 0.05) is 11.4 Å². The summed E-state index contributed by atoms with van der Waals surface area (Å²) in [5.41, 5.74) is 2.67. The van der Waals surface area contributed by atoms with E-state index in [9.17, 15) is 4.79 Å². The van der Waals surface area contributed by atoms with Crippen LogP contribution in [0.4, 0.5) is 0 Å². The average molecular weight is 276 g/mol. The van der Waals surface area contributed by atoms with E-state index in [1.165, 1.54) is 0 Å². The van der Waals surface area contributed by atoms with Crippen molar-refractivity contribution in [3.63, 3.8) is 0 Å². The molecule has 0 aliphatic carbocycles. The van der Waals surface area contributed by atoms with Gasteiger partial charge in [-0.1, -0.05) is 13.0 Å². The lowest BCUT2D eigenvalue weighted by Crippen LogP contribution is -2.15. The molecule has 5 heteroatoms. The molecule has 4 nitrogen and oxygen atoms in total. The molecule has 0 aliphatic rings. The largest absolute Gasteiger partial charge is 0.481 e. The molecule has 0 bridgehead atoms. The van der Waals surface area contributed by atoms with E-state index >= 15 is 0 Å². The van der Waals surface area contributed by atoms with E-state index in [0.29, 0.717) is 6.42 Å². The van der Waals surface area contributed by atoms with E-state index < -0.39 is 11.9 Å². The van der Waals surface area contributed by atoms with E-state index in [4.69, 9.17) is 5.11 Å². The number of carboxylic acid groups (broad SMARTS) is 1. The smallest absolute Gasteiger partial charge is 0.306 e. The molecule has 0 saturated heterocycles. The van der Waals surface area contributed by atoms with Gasteiger partial charge in [-0.05, 0) is 37.3 Å². The quantitative estimate of drug-likeness (QED) is 0.932. The van der Waals surface area contributed by atoms with Gasteiger partial charge in [0.1, 0.15) is 0 Å². The fraction of sp³-hybridized carbons (Fsp3) is 0.357. The van der Waals surface area contributed by atoms with Gasteiger partial charge in [-0.15, -0.1) is 11.3 Å². The zero-order valence-corrected chi connectivity index (χ0v) is 12.0. The second kappa shape index (κ2) is 5.48. The first-order chi connectivity index (χ1) is 8.99. The van der Waals surface area contributed by atoms with Crippen molar-refractivity contribution in [2.45, 2.75) is 27.2 Å². The molecule has 0 amide bonds. The number of aromatic nitrogens is 2. The van der Waals surface area contributed by atoms with Crippen LogP contribution in [0.3, 0.4) is 0 Å². The van der Waals surface area contributed by atoms with Gasteiger partial charge in [-0.3, -0.25) is 4.79 Å². The van der Waals surface area contributed by atoms with Crippen LogP contribution < -0.4 is 0 Å².